The molecule has 0 aromatic heterocycles. The summed E-state index contributed by atoms with van der Waals surface area (Å²) in [5, 5.41) is 0. The predicted octanol–water partition coefficient (Wildman–Crippen LogP) is 2.97. The highest BCUT2D eigenvalue weighted by Crippen LogP contribution is 2.39. The van der Waals surface area contributed by atoms with Crippen molar-refractivity contribution < 1.29 is 14.6 Å². The fraction of sp³-hybridized carbons (Fsp3) is 0.462. The largest absolute Gasteiger partial charge is 0.265 e. The first-order valence-electron chi connectivity index (χ1n) is 5.62. The number of para-hydroxylation sites is 1. The van der Waals surface area contributed by atoms with Crippen molar-refractivity contribution in [3.8, 4) is 0 Å². The van der Waals surface area contributed by atoms with Gasteiger partial charge in [-0.3, -0.25) is 0 Å². The Morgan fingerprint density at radius 2 is 1.94 bits per heavy atom. The van der Waals surface area contributed by atoms with Gasteiger partial charge in [0.25, 0.3) is 5.69 Å². The third-order valence-electron chi connectivity index (χ3n) is 3.25. The van der Waals surface area contributed by atoms with Gasteiger partial charge in [-0.1, -0.05) is 23.2 Å². The Bertz CT molecular complexity index is 435. The highest BCUT2D eigenvalue weighted by Gasteiger charge is 2.45. The Morgan fingerprint density at radius 1 is 1.25 bits per heavy atom. The molecule has 0 radical (unpaired) electrons. The second-order valence-corrected chi connectivity index (χ2v) is 4.50. The lowest BCUT2D eigenvalue weighted by Gasteiger charge is -2.13. The molecule has 0 spiro atoms. The van der Waals surface area contributed by atoms with Gasteiger partial charge in [0, 0.05) is 18.6 Å². The second-order valence-electron chi connectivity index (χ2n) is 4.50. The minimum absolute atomic E-state index is 0.00626. The van der Waals surface area contributed by atoms with Crippen LogP contribution in [0.25, 0.3) is 0 Å². The lowest BCUT2D eigenvalue weighted by molar-refractivity contribution is -0.826. The van der Waals surface area contributed by atoms with Gasteiger partial charge in [-0.05, 0) is 20.8 Å². The van der Waals surface area contributed by atoms with Crippen LogP contribution in [0.2, 0.25) is 0 Å². The van der Waals surface area contributed by atoms with E-state index in [0.717, 1.165) is 11.4 Å². The number of hydrogen-bond donors (Lipinski definition) is 0. The molecule has 16 heavy (non-hydrogen) atoms. The Morgan fingerprint density at radius 3 is 2.62 bits per heavy atom. The number of benzene rings is 1. The van der Waals surface area contributed by atoms with Gasteiger partial charge in [-0.2, -0.15) is 0 Å². The fourth-order valence-electron chi connectivity index (χ4n) is 2.01. The van der Waals surface area contributed by atoms with Crippen molar-refractivity contribution in [1.29, 1.82) is 0 Å². The van der Waals surface area contributed by atoms with Crippen molar-refractivity contribution in [2.24, 2.45) is 0 Å². The lowest BCUT2D eigenvalue weighted by atomic mass is 9.82. The molecule has 0 unspecified atom stereocenters. The summed E-state index contributed by atoms with van der Waals surface area (Å²) in [5.41, 5.74) is 3.47. The monoisotopic (exact) mass is 220 g/mol. The Kier molecular flexibility index (Phi) is 2.72. The van der Waals surface area contributed by atoms with E-state index in [4.69, 9.17) is 9.88 Å². The molecular weight excluding hydrogens is 202 g/mol. The van der Waals surface area contributed by atoms with E-state index in [9.17, 15) is 0 Å². The quantitative estimate of drug-likeness (QED) is 0.443. The van der Waals surface area contributed by atoms with E-state index in [0.29, 0.717) is 6.61 Å². The van der Waals surface area contributed by atoms with Gasteiger partial charge in [0.15, 0.2) is 0 Å². The van der Waals surface area contributed by atoms with Gasteiger partial charge in [-0.25, -0.2) is 0 Å². The zero-order valence-corrected chi connectivity index (χ0v) is 10.3. The Labute approximate surface area is 96.2 Å². The molecule has 1 heterocycles. The highest BCUT2D eigenvalue weighted by atomic mass is 17.3. The number of rotatable bonds is 3. The van der Waals surface area contributed by atoms with Crippen LogP contribution in [0.15, 0.2) is 24.3 Å². The van der Waals surface area contributed by atoms with E-state index in [1.807, 2.05) is 19.1 Å². The minimum atomic E-state index is -0.00626. The van der Waals surface area contributed by atoms with Gasteiger partial charge in [0.1, 0.15) is 0 Å². The molecule has 1 aliphatic rings. The molecule has 0 fully saturated rings. The van der Waals surface area contributed by atoms with Crippen LogP contribution >= 0.6 is 0 Å². The van der Waals surface area contributed by atoms with E-state index < -0.39 is 0 Å². The normalized spacial score (nSPS) is 17.5. The van der Waals surface area contributed by atoms with Crippen molar-refractivity contribution in [3.05, 3.63) is 29.8 Å². The Balaban J connectivity index is 2.47. The summed E-state index contributed by atoms with van der Waals surface area (Å²) in [6.45, 7) is 8.89. The summed E-state index contributed by atoms with van der Waals surface area (Å²) in [6.07, 6.45) is 0. The van der Waals surface area contributed by atoms with Gasteiger partial charge >= 0.3 is 0 Å². The summed E-state index contributed by atoms with van der Waals surface area (Å²) in [6, 6.07) is 8.24. The molecule has 0 saturated heterocycles. The first kappa shape index (κ1) is 11.1. The van der Waals surface area contributed by atoms with Crippen molar-refractivity contribution in [3.63, 3.8) is 0 Å². The smallest absolute Gasteiger partial charge is 0.128 e. The van der Waals surface area contributed by atoms with E-state index in [1.165, 1.54) is 5.56 Å². The highest BCUT2D eigenvalue weighted by molar-refractivity contribution is 5.92. The summed E-state index contributed by atoms with van der Waals surface area (Å²) in [4.78, 5) is 10.4. The van der Waals surface area contributed by atoms with Crippen molar-refractivity contribution in [2.75, 3.05) is 6.61 Å². The van der Waals surface area contributed by atoms with E-state index >= 15 is 0 Å². The molecule has 1 aromatic carbocycles. The van der Waals surface area contributed by atoms with Crippen LogP contribution in [0.1, 0.15) is 33.3 Å². The molecule has 0 N–H and O–H groups in total. The molecule has 0 atom stereocenters. The topological polar surface area (TPSA) is 21.5 Å². The predicted molar refractivity (Wildman–Crippen MR) is 62.8 cm³/mol. The maximum atomic E-state index is 5.32. The van der Waals surface area contributed by atoms with Gasteiger partial charge in [-0.15, -0.1) is 4.89 Å². The van der Waals surface area contributed by atoms with Crippen LogP contribution in [0, 0.1) is 0 Å². The molecule has 3 nitrogen and oxygen atoms in total. The molecular formula is C13H18NO2+. The van der Waals surface area contributed by atoms with E-state index in [1.54, 1.807) is 4.74 Å². The van der Waals surface area contributed by atoms with Crippen LogP contribution in [0.3, 0.4) is 0 Å². The summed E-state index contributed by atoms with van der Waals surface area (Å²) in [7, 11) is 0. The third kappa shape index (κ3) is 1.52. The van der Waals surface area contributed by atoms with Crippen LogP contribution in [0.5, 0.6) is 0 Å². The summed E-state index contributed by atoms with van der Waals surface area (Å²) < 4.78 is 1.78. The van der Waals surface area contributed by atoms with Crippen LogP contribution in [0.4, 0.5) is 5.69 Å². The van der Waals surface area contributed by atoms with Gasteiger partial charge < -0.3 is 0 Å². The third-order valence-corrected chi connectivity index (χ3v) is 3.25. The average molecular weight is 220 g/mol. The maximum Gasteiger partial charge on any atom is 0.265 e. The molecule has 86 valence electrons. The fourth-order valence-corrected chi connectivity index (χ4v) is 2.01. The summed E-state index contributed by atoms with van der Waals surface area (Å²) >= 11 is 0. The number of hydrogen-bond acceptors (Lipinski definition) is 2. The first-order chi connectivity index (χ1) is 7.59. The second kappa shape index (κ2) is 3.91. The standard InChI is InChI=1S/C13H18NO2/c1-5-15-16-14-10(2)13(3,4)11-8-6-7-9-12(11)14/h6-9H,5H2,1-4H3/q+1. The lowest BCUT2D eigenvalue weighted by Crippen LogP contribution is -2.26. The minimum Gasteiger partial charge on any atom is -0.128 e. The zero-order chi connectivity index (χ0) is 11.8. The van der Waals surface area contributed by atoms with E-state index in [-0.39, 0.29) is 5.41 Å². The molecule has 1 aliphatic heterocycles. The SMILES string of the molecule is CCOO[N+]1=C(C)C(C)(C)c2ccccc21. The number of fused-ring (bicyclic) bond motifs is 1. The molecule has 3 heteroatoms. The molecule has 0 aliphatic carbocycles. The average Bonchev–Trinajstić information content (AvgIpc) is 2.47. The molecule has 0 bridgehead atoms. The van der Waals surface area contributed by atoms with Gasteiger partial charge in [0.2, 0.25) is 5.71 Å². The molecule has 0 saturated carbocycles. The molecule has 0 amide bonds. The summed E-state index contributed by atoms with van der Waals surface area (Å²) in [5.74, 6) is 0. The van der Waals surface area contributed by atoms with Crippen molar-refractivity contribution in [1.82, 2.24) is 0 Å². The van der Waals surface area contributed by atoms with Crippen LogP contribution < -0.4 is 0 Å². The van der Waals surface area contributed by atoms with Crippen LogP contribution in [-0.4, -0.2) is 17.1 Å². The van der Waals surface area contributed by atoms with Crippen LogP contribution in [-0.2, 0) is 15.3 Å². The zero-order valence-electron chi connectivity index (χ0n) is 10.3. The van der Waals surface area contributed by atoms with Crippen molar-refractivity contribution >= 4 is 11.4 Å². The van der Waals surface area contributed by atoms with Crippen molar-refractivity contribution in [2.45, 2.75) is 33.1 Å². The molecule has 1 aromatic rings. The Hall–Kier alpha value is -1.35. The molecule has 2 rings (SSSR count). The van der Waals surface area contributed by atoms with E-state index in [2.05, 4.69) is 32.9 Å². The number of nitrogens with zero attached hydrogens (tertiary/aromatic N) is 1. The maximum absolute atomic E-state index is 5.32. The first-order valence-corrected chi connectivity index (χ1v) is 5.62. The van der Waals surface area contributed by atoms with Gasteiger partial charge in [0.05, 0.1) is 16.8 Å².